The molecule has 0 aromatic carbocycles. The molecule has 0 aliphatic heterocycles. The highest BCUT2D eigenvalue weighted by atomic mass is 32.1. The predicted molar refractivity (Wildman–Crippen MR) is 72.4 cm³/mol. The smallest absolute Gasteiger partial charge is 0.261 e. The third kappa shape index (κ3) is 2.19. The van der Waals surface area contributed by atoms with E-state index in [-0.39, 0.29) is 0 Å². The van der Waals surface area contributed by atoms with Crippen LogP contribution in [0.5, 0.6) is 0 Å². The maximum absolute atomic E-state index is 5.96. The van der Waals surface area contributed by atoms with Crippen LogP contribution in [0, 0.1) is 0 Å². The van der Waals surface area contributed by atoms with Crippen molar-refractivity contribution in [2.24, 2.45) is 0 Å². The zero-order valence-corrected chi connectivity index (χ0v) is 11.0. The second-order valence-electron chi connectivity index (χ2n) is 3.84. The molecule has 0 fully saturated rings. The van der Waals surface area contributed by atoms with Gasteiger partial charge in [-0.05, 0) is 18.6 Å². The zero-order valence-electron chi connectivity index (χ0n) is 10.2. The Bertz CT molecular complexity index is 691. The molecular formula is C12H11N5OS. The Morgan fingerprint density at radius 2 is 2.05 bits per heavy atom. The fourth-order valence-corrected chi connectivity index (χ4v) is 2.50. The normalized spacial score (nSPS) is 10.8. The minimum Gasteiger partial charge on any atom is -0.390 e. The summed E-state index contributed by atoms with van der Waals surface area (Å²) < 4.78 is 5.23. The number of nitrogens with zero attached hydrogens (tertiary/aromatic N) is 4. The highest BCUT2D eigenvalue weighted by Gasteiger charge is 2.16. The van der Waals surface area contributed by atoms with Crippen molar-refractivity contribution in [3.05, 3.63) is 29.4 Å². The van der Waals surface area contributed by atoms with Crippen LogP contribution in [0.15, 0.2) is 29.0 Å². The van der Waals surface area contributed by atoms with Crippen molar-refractivity contribution in [1.82, 2.24) is 20.1 Å². The summed E-state index contributed by atoms with van der Waals surface area (Å²) in [7, 11) is 0. The van der Waals surface area contributed by atoms with Crippen LogP contribution in [0.1, 0.15) is 11.8 Å². The molecule has 3 heterocycles. The van der Waals surface area contributed by atoms with Gasteiger partial charge in [-0.25, -0.2) is 9.97 Å². The fraction of sp³-hybridized carbons (Fsp3) is 0.167. The summed E-state index contributed by atoms with van der Waals surface area (Å²) in [5, 5.41) is 4.56. The van der Waals surface area contributed by atoms with Crippen LogP contribution in [0.3, 0.4) is 0 Å². The van der Waals surface area contributed by atoms with E-state index in [0.717, 1.165) is 12.0 Å². The molecule has 2 N–H and O–H groups in total. The molecule has 0 radical (unpaired) electrons. The van der Waals surface area contributed by atoms with Crippen molar-refractivity contribution in [3.8, 4) is 23.1 Å². The third-order valence-corrected chi connectivity index (χ3v) is 3.69. The molecule has 0 saturated carbocycles. The van der Waals surface area contributed by atoms with Crippen LogP contribution in [-0.4, -0.2) is 20.1 Å². The molecule has 0 aliphatic carbocycles. The predicted octanol–water partition coefficient (Wildman–Crippen LogP) is 2.40. The Kier molecular flexibility index (Phi) is 2.96. The van der Waals surface area contributed by atoms with Crippen LogP contribution in [0.25, 0.3) is 23.1 Å². The van der Waals surface area contributed by atoms with E-state index in [4.69, 9.17) is 10.3 Å². The lowest BCUT2D eigenvalue weighted by molar-refractivity contribution is 0.432. The van der Waals surface area contributed by atoms with E-state index in [2.05, 4.69) is 27.0 Å². The van der Waals surface area contributed by atoms with Crippen LogP contribution >= 0.6 is 11.3 Å². The largest absolute Gasteiger partial charge is 0.390 e. The van der Waals surface area contributed by atoms with Crippen LogP contribution in [0.2, 0.25) is 0 Å². The lowest BCUT2D eigenvalue weighted by atomic mass is 10.2. The van der Waals surface area contributed by atoms with E-state index in [1.807, 2.05) is 6.07 Å². The summed E-state index contributed by atoms with van der Waals surface area (Å²) >= 11 is 1.53. The van der Waals surface area contributed by atoms with E-state index in [1.54, 1.807) is 18.5 Å². The number of anilines is 1. The van der Waals surface area contributed by atoms with E-state index in [1.165, 1.54) is 16.2 Å². The van der Waals surface area contributed by atoms with Gasteiger partial charge in [-0.15, -0.1) is 11.3 Å². The quantitative estimate of drug-likeness (QED) is 0.788. The molecule has 6 nitrogen and oxygen atoms in total. The fourth-order valence-electron chi connectivity index (χ4n) is 1.64. The molecule has 0 atom stereocenters. The van der Waals surface area contributed by atoms with E-state index < -0.39 is 0 Å². The van der Waals surface area contributed by atoms with E-state index in [9.17, 15) is 0 Å². The molecule has 0 unspecified atom stereocenters. The van der Waals surface area contributed by atoms with Gasteiger partial charge in [0.1, 0.15) is 0 Å². The van der Waals surface area contributed by atoms with Gasteiger partial charge in [-0.1, -0.05) is 12.1 Å². The third-order valence-electron chi connectivity index (χ3n) is 2.58. The van der Waals surface area contributed by atoms with Crippen molar-refractivity contribution in [3.63, 3.8) is 0 Å². The second-order valence-corrected chi connectivity index (χ2v) is 5.01. The van der Waals surface area contributed by atoms with Gasteiger partial charge in [-0.3, -0.25) is 0 Å². The first-order valence-electron chi connectivity index (χ1n) is 5.77. The molecular weight excluding hydrogens is 262 g/mol. The van der Waals surface area contributed by atoms with E-state index in [0.29, 0.717) is 22.5 Å². The second kappa shape index (κ2) is 4.77. The Morgan fingerprint density at radius 1 is 1.26 bits per heavy atom. The average molecular weight is 273 g/mol. The number of nitrogen functional groups attached to an aromatic ring is 1. The standard InChI is InChI=1S/C12H11N5OS/c1-2-7-6-8(9(13)19-7)12-16-11(17-18-12)10-14-4-3-5-15-10/h3-6H,2,13H2,1H3. The molecule has 3 aromatic heterocycles. The molecule has 3 aromatic rings. The average Bonchev–Trinajstić information content (AvgIpc) is 3.06. The van der Waals surface area contributed by atoms with Gasteiger partial charge in [0.2, 0.25) is 11.6 Å². The first kappa shape index (κ1) is 11.8. The lowest BCUT2D eigenvalue weighted by Gasteiger charge is -1.90. The minimum absolute atomic E-state index is 0.360. The monoisotopic (exact) mass is 273 g/mol. The summed E-state index contributed by atoms with van der Waals surface area (Å²) in [6, 6.07) is 3.71. The van der Waals surface area contributed by atoms with Crippen molar-refractivity contribution >= 4 is 16.3 Å². The van der Waals surface area contributed by atoms with Gasteiger partial charge < -0.3 is 10.3 Å². The Balaban J connectivity index is 1.99. The minimum atomic E-state index is 0.360. The number of thiophene rings is 1. The number of hydrogen-bond acceptors (Lipinski definition) is 7. The van der Waals surface area contributed by atoms with E-state index >= 15 is 0 Å². The first-order chi connectivity index (χ1) is 9.28. The van der Waals surface area contributed by atoms with Crippen molar-refractivity contribution in [1.29, 1.82) is 0 Å². The van der Waals surface area contributed by atoms with Gasteiger partial charge in [0.05, 0.1) is 10.6 Å². The van der Waals surface area contributed by atoms with Crippen molar-refractivity contribution in [2.45, 2.75) is 13.3 Å². The van der Waals surface area contributed by atoms with Gasteiger partial charge in [0.25, 0.3) is 5.89 Å². The molecule has 0 amide bonds. The van der Waals surface area contributed by atoms with Gasteiger partial charge >= 0.3 is 0 Å². The summed E-state index contributed by atoms with van der Waals surface area (Å²) in [4.78, 5) is 13.6. The summed E-state index contributed by atoms with van der Waals surface area (Å²) in [6.45, 7) is 2.08. The molecule has 0 saturated heterocycles. The van der Waals surface area contributed by atoms with Crippen LogP contribution in [-0.2, 0) is 6.42 Å². The van der Waals surface area contributed by atoms with Crippen molar-refractivity contribution in [2.75, 3.05) is 5.73 Å². The van der Waals surface area contributed by atoms with Crippen molar-refractivity contribution < 1.29 is 4.52 Å². The number of rotatable bonds is 3. The molecule has 0 spiro atoms. The highest BCUT2D eigenvalue weighted by molar-refractivity contribution is 7.16. The number of hydrogen-bond donors (Lipinski definition) is 1. The molecule has 0 aliphatic rings. The maximum Gasteiger partial charge on any atom is 0.261 e. The molecule has 7 heteroatoms. The summed E-state index contributed by atoms with van der Waals surface area (Å²) in [5.41, 5.74) is 6.73. The summed E-state index contributed by atoms with van der Waals surface area (Å²) in [5.74, 6) is 1.19. The maximum atomic E-state index is 5.96. The zero-order chi connectivity index (χ0) is 13.2. The highest BCUT2D eigenvalue weighted by Crippen LogP contribution is 2.33. The Morgan fingerprint density at radius 3 is 2.74 bits per heavy atom. The lowest BCUT2D eigenvalue weighted by Crippen LogP contribution is -1.88. The first-order valence-corrected chi connectivity index (χ1v) is 6.59. The molecule has 96 valence electrons. The number of aryl methyl sites for hydroxylation is 1. The van der Waals surface area contributed by atoms with Crippen LogP contribution in [0.4, 0.5) is 5.00 Å². The summed E-state index contributed by atoms with van der Waals surface area (Å²) in [6.07, 6.45) is 4.19. The molecule has 3 rings (SSSR count). The Labute approximate surface area is 113 Å². The van der Waals surface area contributed by atoms with Gasteiger partial charge in [-0.2, -0.15) is 4.98 Å². The topological polar surface area (TPSA) is 90.7 Å². The molecule has 0 bridgehead atoms. The Hall–Kier alpha value is -2.28. The van der Waals surface area contributed by atoms with Gasteiger partial charge in [0.15, 0.2) is 0 Å². The van der Waals surface area contributed by atoms with Crippen LogP contribution < -0.4 is 5.73 Å². The SMILES string of the molecule is CCc1cc(-c2nc(-c3ncccn3)no2)c(N)s1. The van der Waals surface area contributed by atoms with Gasteiger partial charge in [0, 0.05) is 17.3 Å². The molecule has 19 heavy (non-hydrogen) atoms. The number of aromatic nitrogens is 4. The number of nitrogens with two attached hydrogens (primary N) is 1.